The van der Waals surface area contributed by atoms with E-state index in [2.05, 4.69) is 25.5 Å². The van der Waals surface area contributed by atoms with Gasteiger partial charge in [-0.05, 0) is 54.4 Å². The summed E-state index contributed by atoms with van der Waals surface area (Å²) in [5.74, 6) is 0.140. The van der Waals surface area contributed by atoms with Crippen LogP contribution in [0.1, 0.15) is 11.1 Å². The van der Waals surface area contributed by atoms with E-state index < -0.39 is 6.36 Å². The van der Waals surface area contributed by atoms with Crippen molar-refractivity contribution in [3.05, 3.63) is 90.3 Å². The first kappa shape index (κ1) is 22.8. The lowest BCUT2D eigenvalue weighted by Crippen LogP contribution is -2.28. The summed E-state index contributed by atoms with van der Waals surface area (Å²) in [4.78, 5) is 16.4. The highest BCUT2D eigenvalue weighted by atomic mass is 19.4. The van der Waals surface area contributed by atoms with Crippen LogP contribution in [0.5, 0.6) is 5.75 Å². The molecular formula is C24H20F3N5O2. The highest BCUT2D eigenvalue weighted by molar-refractivity contribution is 5.89. The SMILES string of the molecule is Cc1cccc(NC(=O)NCc2ccc(-c3ncn(-c4ccc(OC(F)(F)F)cc4)n3)cc2)c1. The Morgan fingerprint density at radius 2 is 1.76 bits per heavy atom. The molecule has 10 heteroatoms. The number of nitrogens with one attached hydrogen (secondary N) is 2. The Balaban J connectivity index is 1.35. The number of carbonyl (C=O) groups is 1. The predicted molar refractivity (Wildman–Crippen MR) is 121 cm³/mol. The Morgan fingerprint density at radius 3 is 2.44 bits per heavy atom. The van der Waals surface area contributed by atoms with Crippen LogP contribution in [0.15, 0.2) is 79.1 Å². The third kappa shape index (κ3) is 6.12. The monoisotopic (exact) mass is 467 g/mol. The first-order valence-corrected chi connectivity index (χ1v) is 10.2. The van der Waals surface area contributed by atoms with Crippen LogP contribution in [0.25, 0.3) is 17.1 Å². The molecule has 174 valence electrons. The summed E-state index contributed by atoms with van der Waals surface area (Å²) >= 11 is 0. The Hall–Kier alpha value is -4.34. The van der Waals surface area contributed by atoms with E-state index in [1.54, 1.807) is 0 Å². The van der Waals surface area contributed by atoms with Crippen LogP contribution in [0.3, 0.4) is 0 Å². The number of rotatable bonds is 6. The van der Waals surface area contributed by atoms with Gasteiger partial charge in [-0.1, -0.05) is 36.4 Å². The van der Waals surface area contributed by atoms with Crippen LogP contribution in [-0.2, 0) is 6.54 Å². The third-order valence-electron chi connectivity index (χ3n) is 4.77. The zero-order valence-corrected chi connectivity index (χ0v) is 18.0. The molecule has 0 saturated carbocycles. The minimum absolute atomic E-state index is 0.304. The number of amides is 2. The Kier molecular flexibility index (Phi) is 6.48. The second-order valence-electron chi connectivity index (χ2n) is 7.43. The molecular weight excluding hydrogens is 447 g/mol. The standard InChI is InChI=1S/C24H20F3N5O2/c1-16-3-2-4-19(13-16)30-23(33)28-14-17-5-7-18(8-6-17)22-29-15-32(31-22)20-9-11-21(12-10-20)34-24(25,26)27/h2-13,15H,14H2,1H3,(H2,28,30,33). The van der Waals surface area contributed by atoms with Gasteiger partial charge in [-0.3, -0.25) is 0 Å². The Bertz CT molecular complexity index is 1270. The van der Waals surface area contributed by atoms with Crippen LogP contribution >= 0.6 is 0 Å². The number of anilines is 1. The number of nitrogens with zero attached hydrogens (tertiary/aromatic N) is 3. The molecule has 0 fully saturated rings. The maximum atomic E-state index is 12.3. The largest absolute Gasteiger partial charge is 0.573 e. The average Bonchev–Trinajstić information content (AvgIpc) is 3.28. The molecule has 0 atom stereocenters. The molecule has 2 amide bonds. The van der Waals surface area contributed by atoms with Crippen LogP contribution in [0.2, 0.25) is 0 Å². The normalized spacial score (nSPS) is 11.2. The number of carbonyl (C=O) groups excluding carboxylic acids is 1. The molecule has 0 aliphatic rings. The van der Waals surface area contributed by atoms with Crippen molar-refractivity contribution >= 4 is 11.7 Å². The number of halogens is 3. The van der Waals surface area contributed by atoms with Crippen molar-refractivity contribution in [2.75, 3.05) is 5.32 Å². The van der Waals surface area contributed by atoms with E-state index in [1.165, 1.54) is 35.3 Å². The maximum absolute atomic E-state index is 12.3. The number of hydrogen-bond donors (Lipinski definition) is 2. The number of ether oxygens (including phenoxy) is 1. The lowest BCUT2D eigenvalue weighted by molar-refractivity contribution is -0.274. The van der Waals surface area contributed by atoms with Gasteiger partial charge in [0.25, 0.3) is 0 Å². The van der Waals surface area contributed by atoms with Crippen molar-refractivity contribution < 1.29 is 22.7 Å². The van der Waals surface area contributed by atoms with Gasteiger partial charge in [0.2, 0.25) is 0 Å². The number of aryl methyl sites for hydroxylation is 1. The topological polar surface area (TPSA) is 81.1 Å². The summed E-state index contributed by atoms with van der Waals surface area (Å²) in [7, 11) is 0. The molecule has 0 saturated heterocycles. The minimum Gasteiger partial charge on any atom is -0.406 e. The molecule has 1 aromatic heterocycles. The molecule has 0 unspecified atom stereocenters. The van der Waals surface area contributed by atoms with Crippen molar-refractivity contribution in [3.8, 4) is 22.8 Å². The molecule has 0 bridgehead atoms. The predicted octanol–water partition coefficient (Wildman–Crippen LogP) is 5.46. The van der Waals surface area contributed by atoms with Gasteiger partial charge in [0.15, 0.2) is 5.82 Å². The molecule has 0 spiro atoms. The molecule has 34 heavy (non-hydrogen) atoms. The fourth-order valence-corrected chi connectivity index (χ4v) is 3.17. The molecule has 2 N–H and O–H groups in total. The lowest BCUT2D eigenvalue weighted by atomic mass is 10.1. The molecule has 0 radical (unpaired) electrons. The van der Waals surface area contributed by atoms with Gasteiger partial charge in [-0.15, -0.1) is 18.3 Å². The molecule has 1 heterocycles. The molecule has 3 aromatic carbocycles. The van der Waals surface area contributed by atoms with Gasteiger partial charge < -0.3 is 15.4 Å². The summed E-state index contributed by atoms with van der Waals surface area (Å²) in [6, 6.07) is 19.9. The first-order chi connectivity index (χ1) is 16.2. The molecule has 4 aromatic rings. The van der Waals surface area contributed by atoms with Gasteiger partial charge in [0.1, 0.15) is 12.1 Å². The zero-order chi connectivity index (χ0) is 24.1. The lowest BCUT2D eigenvalue weighted by Gasteiger charge is -2.09. The van der Waals surface area contributed by atoms with E-state index in [4.69, 9.17) is 0 Å². The number of alkyl halides is 3. The first-order valence-electron chi connectivity index (χ1n) is 10.2. The quantitative estimate of drug-likeness (QED) is 0.395. The van der Waals surface area contributed by atoms with Crippen molar-refractivity contribution in [2.24, 2.45) is 0 Å². The van der Waals surface area contributed by atoms with E-state index in [0.717, 1.165) is 22.4 Å². The Labute approximate surface area is 193 Å². The van der Waals surface area contributed by atoms with Crippen LogP contribution < -0.4 is 15.4 Å². The van der Waals surface area contributed by atoms with Crippen molar-refractivity contribution in [1.29, 1.82) is 0 Å². The highest BCUT2D eigenvalue weighted by Gasteiger charge is 2.31. The van der Waals surface area contributed by atoms with E-state index in [0.29, 0.717) is 18.1 Å². The Morgan fingerprint density at radius 1 is 1.03 bits per heavy atom. The molecule has 4 rings (SSSR count). The smallest absolute Gasteiger partial charge is 0.406 e. The summed E-state index contributed by atoms with van der Waals surface area (Å²) in [5, 5.41) is 9.97. The van der Waals surface area contributed by atoms with Crippen molar-refractivity contribution in [3.63, 3.8) is 0 Å². The summed E-state index contributed by atoms with van der Waals surface area (Å²) in [6.07, 6.45) is -3.27. The second-order valence-corrected chi connectivity index (χ2v) is 7.43. The van der Waals surface area contributed by atoms with E-state index in [9.17, 15) is 18.0 Å². The average molecular weight is 467 g/mol. The number of benzene rings is 3. The van der Waals surface area contributed by atoms with Crippen LogP contribution in [0, 0.1) is 6.92 Å². The number of aromatic nitrogens is 3. The third-order valence-corrected chi connectivity index (χ3v) is 4.77. The molecule has 7 nitrogen and oxygen atoms in total. The summed E-state index contributed by atoms with van der Waals surface area (Å²) in [6.45, 7) is 2.29. The van der Waals surface area contributed by atoms with Gasteiger partial charge in [-0.25, -0.2) is 14.5 Å². The van der Waals surface area contributed by atoms with E-state index in [1.807, 2.05) is 55.5 Å². The van der Waals surface area contributed by atoms with Crippen LogP contribution in [0.4, 0.5) is 23.7 Å². The molecule has 0 aliphatic carbocycles. The number of hydrogen-bond acceptors (Lipinski definition) is 4. The summed E-state index contributed by atoms with van der Waals surface area (Å²) < 4.78 is 42.2. The van der Waals surface area contributed by atoms with Gasteiger partial charge >= 0.3 is 12.4 Å². The van der Waals surface area contributed by atoms with Gasteiger partial charge in [0, 0.05) is 17.8 Å². The fourth-order valence-electron chi connectivity index (χ4n) is 3.17. The van der Waals surface area contributed by atoms with Crippen molar-refractivity contribution in [1.82, 2.24) is 20.1 Å². The van der Waals surface area contributed by atoms with E-state index >= 15 is 0 Å². The second kappa shape index (κ2) is 9.65. The van der Waals surface area contributed by atoms with Crippen LogP contribution in [-0.4, -0.2) is 27.2 Å². The maximum Gasteiger partial charge on any atom is 0.573 e. The van der Waals surface area contributed by atoms with Crippen molar-refractivity contribution in [2.45, 2.75) is 19.8 Å². The number of urea groups is 1. The van der Waals surface area contributed by atoms with E-state index in [-0.39, 0.29) is 11.8 Å². The minimum atomic E-state index is -4.74. The highest BCUT2D eigenvalue weighted by Crippen LogP contribution is 2.24. The van der Waals surface area contributed by atoms with Gasteiger partial charge in [-0.2, -0.15) is 0 Å². The fraction of sp³-hybridized carbons (Fsp3) is 0.125. The van der Waals surface area contributed by atoms with Gasteiger partial charge in [0.05, 0.1) is 5.69 Å². The zero-order valence-electron chi connectivity index (χ0n) is 18.0. The molecule has 0 aliphatic heterocycles. The summed E-state index contributed by atoms with van der Waals surface area (Å²) in [5.41, 5.74) is 3.95.